The normalized spacial score (nSPS) is 11.4. The van der Waals surface area contributed by atoms with E-state index in [-0.39, 0.29) is 17.6 Å². The highest BCUT2D eigenvalue weighted by Gasteiger charge is 2.15. The molecule has 0 saturated carbocycles. The molecule has 3 aromatic rings. The minimum Gasteiger partial charge on any atom is -0.468 e. The third-order valence-corrected chi connectivity index (χ3v) is 4.58. The molecule has 4 heteroatoms. The topological polar surface area (TPSA) is 16.4 Å². The fraction of sp³-hybridized carbons (Fsp3) is 0.273. The zero-order valence-electron chi connectivity index (χ0n) is 14.9. The van der Waals surface area contributed by atoms with Crippen molar-refractivity contribution in [1.82, 2.24) is 4.90 Å². The zero-order chi connectivity index (χ0) is 18.4. The Morgan fingerprint density at radius 3 is 1.96 bits per heavy atom. The molecule has 2 nitrogen and oxygen atoms in total. The number of halogens is 2. The van der Waals surface area contributed by atoms with Crippen molar-refractivity contribution in [3.8, 4) is 0 Å². The van der Waals surface area contributed by atoms with Gasteiger partial charge in [-0.3, -0.25) is 4.90 Å². The lowest BCUT2D eigenvalue weighted by Gasteiger charge is -2.20. The van der Waals surface area contributed by atoms with Gasteiger partial charge in [-0.2, -0.15) is 0 Å². The predicted molar refractivity (Wildman–Crippen MR) is 98.9 cm³/mol. The molecule has 0 saturated heterocycles. The van der Waals surface area contributed by atoms with Crippen LogP contribution in [0.5, 0.6) is 0 Å². The lowest BCUT2D eigenvalue weighted by atomic mass is 9.87. The van der Waals surface area contributed by atoms with E-state index in [1.807, 2.05) is 36.4 Å². The molecule has 0 N–H and O–H groups in total. The Morgan fingerprint density at radius 2 is 1.46 bits per heavy atom. The summed E-state index contributed by atoms with van der Waals surface area (Å²) in [5.74, 6) is 0.573. The Morgan fingerprint density at radius 1 is 0.885 bits per heavy atom. The van der Waals surface area contributed by atoms with Crippen LogP contribution in [0.25, 0.3) is 0 Å². The number of hydrogen-bond acceptors (Lipinski definition) is 2. The number of hydrogen-bond donors (Lipinski definition) is 0. The van der Waals surface area contributed by atoms with Crippen molar-refractivity contribution in [2.45, 2.75) is 25.3 Å². The Labute approximate surface area is 153 Å². The van der Waals surface area contributed by atoms with Crippen molar-refractivity contribution in [3.63, 3.8) is 0 Å². The van der Waals surface area contributed by atoms with Crippen LogP contribution in [0.2, 0.25) is 0 Å². The summed E-state index contributed by atoms with van der Waals surface area (Å²) in [6, 6.07) is 17.0. The maximum Gasteiger partial charge on any atom is 0.123 e. The van der Waals surface area contributed by atoms with Crippen LogP contribution in [0.3, 0.4) is 0 Å². The van der Waals surface area contributed by atoms with Gasteiger partial charge in [0, 0.05) is 5.92 Å². The van der Waals surface area contributed by atoms with E-state index in [0.717, 1.165) is 42.8 Å². The largest absolute Gasteiger partial charge is 0.468 e. The van der Waals surface area contributed by atoms with Gasteiger partial charge in [-0.1, -0.05) is 24.3 Å². The van der Waals surface area contributed by atoms with Crippen molar-refractivity contribution in [3.05, 3.63) is 95.4 Å². The van der Waals surface area contributed by atoms with E-state index in [4.69, 9.17) is 4.42 Å². The second-order valence-corrected chi connectivity index (χ2v) is 6.62. The van der Waals surface area contributed by atoms with Crippen LogP contribution < -0.4 is 0 Å². The van der Waals surface area contributed by atoms with Crippen molar-refractivity contribution in [2.24, 2.45) is 0 Å². The molecule has 2 aromatic carbocycles. The molecule has 0 spiro atoms. The smallest absolute Gasteiger partial charge is 0.123 e. The van der Waals surface area contributed by atoms with Crippen molar-refractivity contribution in [1.29, 1.82) is 0 Å². The van der Waals surface area contributed by atoms with E-state index >= 15 is 0 Å². The van der Waals surface area contributed by atoms with Gasteiger partial charge in [0.2, 0.25) is 0 Å². The highest BCUT2D eigenvalue weighted by Crippen LogP contribution is 2.29. The molecular formula is C22H23F2NO. The number of rotatable bonds is 8. The summed E-state index contributed by atoms with van der Waals surface area (Å²) in [6.07, 6.45) is 3.55. The molecule has 0 aliphatic heterocycles. The Bertz CT molecular complexity index is 737. The predicted octanol–water partition coefficient (Wildman–Crippen LogP) is 5.60. The van der Waals surface area contributed by atoms with Crippen LogP contribution in [0.4, 0.5) is 8.78 Å². The second-order valence-electron chi connectivity index (χ2n) is 6.62. The Hall–Kier alpha value is -2.46. The lowest BCUT2D eigenvalue weighted by Crippen LogP contribution is -2.19. The summed E-state index contributed by atoms with van der Waals surface area (Å²) in [5, 5.41) is 0. The quantitative estimate of drug-likeness (QED) is 0.523. The molecule has 136 valence electrons. The van der Waals surface area contributed by atoms with Crippen molar-refractivity contribution < 1.29 is 13.2 Å². The van der Waals surface area contributed by atoms with Gasteiger partial charge in [0.1, 0.15) is 17.4 Å². The van der Waals surface area contributed by atoms with Gasteiger partial charge in [0.15, 0.2) is 0 Å². The standard InChI is InChI=1S/C22H23F2NO/c1-25(16-21-4-3-15-26-21)14-2-5-22(17-6-10-19(23)11-7-17)18-8-12-20(24)13-9-18/h3-4,6-13,15,22H,2,5,14,16H2,1H3. The van der Waals surface area contributed by atoms with Gasteiger partial charge < -0.3 is 4.42 Å². The van der Waals surface area contributed by atoms with Crippen LogP contribution in [-0.2, 0) is 6.54 Å². The molecular weight excluding hydrogens is 332 g/mol. The first-order valence-electron chi connectivity index (χ1n) is 8.83. The van der Waals surface area contributed by atoms with E-state index in [1.54, 1.807) is 6.26 Å². The van der Waals surface area contributed by atoms with E-state index in [9.17, 15) is 8.78 Å². The zero-order valence-corrected chi connectivity index (χ0v) is 14.9. The molecule has 1 aromatic heterocycles. The summed E-state index contributed by atoms with van der Waals surface area (Å²) in [7, 11) is 2.06. The summed E-state index contributed by atoms with van der Waals surface area (Å²) < 4.78 is 31.9. The monoisotopic (exact) mass is 355 g/mol. The van der Waals surface area contributed by atoms with Crippen LogP contribution in [0.1, 0.15) is 35.6 Å². The van der Waals surface area contributed by atoms with Gasteiger partial charge in [0.25, 0.3) is 0 Å². The first-order chi connectivity index (χ1) is 12.6. The van der Waals surface area contributed by atoms with E-state index in [2.05, 4.69) is 11.9 Å². The summed E-state index contributed by atoms with van der Waals surface area (Å²) in [4.78, 5) is 2.21. The minimum atomic E-state index is -0.246. The van der Waals surface area contributed by atoms with Crippen LogP contribution in [0.15, 0.2) is 71.3 Å². The third-order valence-electron chi connectivity index (χ3n) is 4.58. The molecule has 0 aliphatic rings. The molecule has 0 atom stereocenters. The molecule has 0 fully saturated rings. The maximum absolute atomic E-state index is 13.3. The highest BCUT2D eigenvalue weighted by molar-refractivity contribution is 5.32. The second kappa shape index (κ2) is 8.77. The highest BCUT2D eigenvalue weighted by atomic mass is 19.1. The average Bonchev–Trinajstić information content (AvgIpc) is 3.14. The van der Waals surface area contributed by atoms with Gasteiger partial charge >= 0.3 is 0 Å². The third kappa shape index (κ3) is 5.02. The average molecular weight is 355 g/mol. The molecule has 26 heavy (non-hydrogen) atoms. The summed E-state index contributed by atoms with van der Waals surface area (Å²) in [6.45, 7) is 1.68. The fourth-order valence-electron chi connectivity index (χ4n) is 3.23. The number of furan rings is 1. The molecule has 3 rings (SSSR count). The molecule has 0 radical (unpaired) electrons. The number of nitrogens with zero attached hydrogens (tertiary/aromatic N) is 1. The summed E-state index contributed by atoms with van der Waals surface area (Å²) in [5.41, 5.74) is 2.10. The van der Waals surface area contributed by atoms with Gasteiger partial charge in [-0.05, 0) is 74.0 Å². The van der Waals surface area contributed by atoms with Crippen molar-refractivity contribution >= 4 is 0 Å². The van der Waals surface area contributed by atoms with E-state index in [0.29, 0.717) is 0 Å². The number of benzene rings is 2. The summed E-state index contributed by atoms with van der Waals surface area (Å²) >= 11 is 0. The fourth-order valence-corrected chi connectivity index (χ4v) is 3.23. The van der Waals surface area contributed by atoms with Gasteiger partial charge in [-0.15, -0.1) is 0 Å². The van der Waals surface area contributed by atoms with Crippen LogP contribution >= 0.6 is 0 Å². The van der Waals surface area contributed by atoms with Crippen molar-refractivity contribution in [2.75, 3.05) is 13.6 Å². The SMILES string of the molecule is CN(CCCC(c1ccc(F)cc1)c1ccc(F)cc1)Cc1ccco1. The van der Waals surface area contributed by atoms with Gasteiger partial charge in [0.05, 0.1) is 12.8 Å². The van der Waals surface area contributed by atoms with Crippen LogP contribution in [-0.4, -0.2) is 18.5 Å². The molecule has 0 unspecified atom stereocenters. The van der Waals surface area contributed by atoms with E-state index < -0.39 is 0 Å². The Kier molecular flexibility index (Phi) is 6.18. The van der Waals surface area contributed by atoms with Crippen LogP contribution in [0, 0.1) is 11.6 Å². The van der Waals surface area contributed by atoms with Gasteiger partial charge in [-0.25, -0.2) is 8.78 Å². The molecule has 0 aliphatic carbocycles. The minimum absolute atomic E-state index is 0.119. The molecule has 0 amide bonds. The Balaban J connectivity index is 1.65. The molecule has 0 bridgehead atoms. The molecule has 1 heterocycles. The van der Waals surface area contributed by atoms with E-state index in [1.165, 1.54) is 24.3 Å². The lowest BCUT2D eigenvalue weighted by molar-refractivity contribution is 0.287. The first-order valence-corrected chi connectivity index (χ1v) is 8.83. The maximum atomic E-state index is 13.3. The first kappa shape index (κ1) is 18.3.